The first-order chi connectivity index (χ1) is 14.6. The third-order valence-electron chi connectivity index (χ3n) is 5.17. The Morgan fingerprint density at radius 1 is 1.10 bits per heavy atom. The summed E-state index contributed by atoms with van der Waals surface area (Å²) < 4.78 is 11.2. The molecular weight excluding hydrogens is 400 g/mol. The molecule has 7 heteroatoms. The van der Waals surface area contributed by atoms with E-state index in [1.165, 1.54) is 11.3 Å². The van der Waals surface area contributed by atoms with Gasteiger partial charge in [-0.2, -0.15) is 0 Å². The van der Waals surface area contributed by atoms with Gasteiger partial charge < -0.3 is 19.5 Å². The minimum absolute atomic E-state index is 0.109. The monoisotopic (exact) mass is 424 g/mol. The van der Waals surface area contributed by atoms with Crippen molar-refractivity contribution in [1.29, 1.82) is 0 Å². The van der Waals surface area contributed by atoms with Gasteiger partial charge in [0.2, 0.25) is 0 Å². The van der Waals surface area contributed by atoms with Gasteiger partial charge >= 0.3 is 0 Å². The van der Waals surface area contributed by atoms with Crippen LogP contribution in [0.3, 0.4) is 0 Å². The first-order valence-corrected chi connectivity index (χ1v) is 10.8. The van der Waals surface area contributed by atoms with Crippen LogP contribution in [-0.4, -0.2) is 53.3 Å². The van der Waals surface area contributed by atoms with E-state index in [4.69, 9.17) is 9.47 Å². The van der Waals surface area contributed by atoms with Crippen molar-refractivity contribution in [3.63, 3.8) is 0 Å². The van der Waals surface area contributed by atoms with Crippen LogP contribution in [0.2, 0.25) is 0 Å². The van der Waals surface area contributed by atoms with E-state index in [9.17, 15) is 9.90 Å². The van der Waals surface area contributed by atoms with Crippen molar-refractivity contribution >= 4 is 17.2 Å². The molecule has 0 bridgehead atoms. The Labute approximate surface area is 179 Å². The lowest BCUT2D eigenvalue weighted by Crippen LogP contribution is -2.32. The second kappa shape index (κ2) is 9.28. The van der Waals surface area contributed by atoms with Crippen LogP contribution in [0, 0.1) is 0 Å². The maximum Gasteiger partial charge on any atom is 0.273 e. The number of aliphatic hydroxyl groups is 1. The summed E-state index contributed by atoms with van der Waals surface area (Å²) in [6, 6.07) is 17.1. The second-order valence-corrected chi connectivity index (χ2v) is 8.03. The Bertz CT molecular complexity index is 992. The molecule has 156 valence electrons. The third kappa shape index (κ3) is 4.63. The van der Waals surface area contributed by atoms with Gasteiger partial charge in [0.1, 0.15) is 28.3 Å². The highest BCUT2D eigenvalue weighted by Crippen LogP contribution is 2.26. The summed E-state index contributed by atoms with van der Waals surface area (Å²) in [4.78, 5) is 19.3. The Morgan fingerprint density at radius 3 is 2.67 bits per heavy atom. The van der Waals surface area contributed by atoms with E-state index in [0.717, 1.165) is 10.6 Å². The van der Waals surface area contributed by atoms with Gasteiger partial charge in [-0.05, 0) is 18.6 Å². The van der Waals surface area contributed by atoms with Gasteiger partial charge in [0.05, 0.1) is 13.2 Å². The summed E-state index contributed by atoms with van der Waals surface area (Å²) in [5.74, 6) is 1.23. The van der Waals surface area contributed by atoms with Crippen molar-refractivity contribution in [1.82, 2.24) is 9.88 Å². The van der Waals surface area contributed by atoms with E-state index in [-0.39, 0.29) is 12.0 Å². The normalized spacial score (nSPS) is 19.2. The molecule has 1 fully saturated rings. The maximum absolute atomic E-state index is 13.0. The number of methoxy groups -OCH3 is 1. The van der Waals surface area contributed by atoms with Crippen molar-refractivity contribution in [2.24, 2.45) is 0 Å². The van der Waals surface area contributed by atoms with Crippen molar-refractivity contribution in [3.8, 4) is 22.1 Å². The molecule has 0 radical (unpaired) electrons. The smallest absolute Gasteiger partial charge is 0.273 e. The van der Waals surface area contributed by atoms with Gasteiger partial charge in [-0.3, -0.25) is 4.79 Å². The quantitative estimate of drug-likeness (QED) is 0.673. The Hall–Kier alpha value is -2.90. The van der Waals surface area contributed by atoms with E-state index < -0.39 is 6.10 Å². The number of rotatable bonds is 5. The number of carbonyl (C=O) groups excluding carboxylic acids is 1. The SMILES string of the molecule is COc1cccc(O[C@H]2CCN(C(=O)c3csc(-c4ccccc4)n3)CC[C@@H]2O)c1. The zero-order chi connectivity index (χ0) is 20.9. The number of benzene rings is 2. The molecule has 3 aromatic rings. The molecule has 1 aromatic heterocycles. The van der Waals surface area contributed by atoms with Gasteiger partial charge in [-0.15, -0.1) is 11.3 Å². The first-order valence-electron chi connectivity index (χ1n) is 9.93. The average molecular weight is 425 g/mol. The Morgan fingerprint density at radius 2 is 1.87 bits per heavy atom. The van der Waals surface area contributed by atoms with Gasteiger partial charge in [0.25, 0.3) is 5.91 Å². The number of hydrogen-bond acceptors (Lipinski definition) is 6. The second-order valence-electron chi connectivity index (χ2n) is 7.18. The van der Waals surface area contributed by atoms with E-state index in [0.29, 0.717) is 43.1 Å². The Kier molecular flexibility index (Phi) is 6.30. The van der Waals surface area contributed by atoms with Crippen LogP contribution in [0.4, 0.5) is 0 Å². The molecule has 0 spiro atoms. The maximum atomic E-state index is 13.0. The van der Waals surface area contributed by atoms with Gasteiger partial charge in [0.15, 0.2) is 0 Å². The van der Waals surface area contributed by atoms with Crippen LogP contribution in [0.15, 0.2) is 60.0 Å². The lowest BCUT2D eigenvalue weighted by Gasteiger charge is -2.22. The summed E-state index contributed by atoms with van der Waals surface area (Å²) in [5, 5.41) is 13.2. The van der Waals surface area contributed by atoms with Crippen molar-refractivity contribution in [2.45, 2.75) is 25.0 Å². The van der Waals surface area contributed by atoms with Crippen molar-refractivity contribution < 1.29 is 19.4 Å². The molecule has 1 saturated heterocycles. The minimum Gasteiger partial charge on any atom is -0.497 e. The minimum atomic E-state index is -0.649. The first kappa shape index (κ1) is 20.4. The molecular formula is C23H24N2O4S. The fourth-order valence-corrected chi connectivity index (χ4v) is 4.30. The van der Waals surface area contributed by atoms with Crippen molar-refractivity contribution in [3.05, 3.63) is 65.7 Å². The van der Waals surface area contributed by atoms with Crippen LogP contribution < -0.4 is 9.47 Å². The number of ether oxygens (including phenoxy) is 2. The number of aromatic nitrogens is 1. The highest BCUT2D eigenvalue weighted by Gasteiger charge is 2.29. The van der Waals surface area contributed by atoms with Gasteiger partial charge in [0, 0.05) is 36.5 Å². The molecule has 1 N–H and O–H groups in total. The molecule has 2 atom stereocenters. The van der Waals surface area contributed by atoms with Crippen molar-refractivity contribution in [2.75, 3.05) is 20.2 Å². The van der Waals surface area contributed by atoms with Crippen LogP contribution >= 0.6 is 11.3 Å². The molecule has 4 rings (SSSR count). The van der Waals surface area contributed by atoms with Crippen LogP contribution in [0.5, 0.6) is 11.5 Å². The summed E-state index contributed by atoms with van der Waals surface area (Å²) in [6.07, 6.45) is -0.0370. The zero-order valence-corrected chi connectivity index (χ0v) is 17.5. The molecule has 6 nitrogen and oxygen atoms in total. The van der Waals surface area contributed by atoms with Gasteiger partial charge in [-0.1, -0.05) is 36.4 Å². The standard InChI is InChI=1S/C23H24N2O4S/c1-28-17-8-5-9-18(14-17)29-21-11-13-25(12-10-20(21)26)23(27)19-15-30-22(24-19)16-6-3-2-4-7-16/h2-9,14-15,20-21,26H,10-13H2,1H3/t20-,21-/m0/s1. The third-order valence-corrected chi connectivity index (χ3v) is 6.06. The number of nitrogens with zero attached hydrogens (tertiary/aromatic N) is 2. The average Bonchev–Trinajstić information content (AvgIpc) is 3.21. The summed E-state index contributed by atoms with van der Waals surface area (Å²) in [6.45, 7) is 0.971. The van der Waals surface area contributed by atoms with E-state index in [1.807, 2.05) is 48.5 Å². The zero-order valence-electron chi connectivity index (χ0n) is 16.7. The molecule has 1 aliphatic heterocycles. The molecule has 1 aliphatic rings. The topological polar surface area (TPSA) is 71.9 Å². The van der Waals surface area contributed by atoms with Crippen LogP contribution in [0.25, 0.3) is 10.6 Å². The Balaban J connectivity index is 1.42. The number of thiazole rings is 1. The largest absolute Gasteiger partial charge is 0.497 e. The number of likely N-dealkylation sites (tertiary alicyclic amines) is 1. The molecule has 2 aromatic carbocycles. The molecule has 0 aliphatic carbocycles. The summed E-state index contributed by atoms with van der Waals surface area (Å²) in [7, 11) is 1.60. The highest BCUT2D eigenvalue weighted by atomic mass is 32.1. The van der Waals surface area contributed by atoms with E-state index in [2.05, 4.69) is 4.98 Å². The molecule has 0 saturated carbocycles. The molecule has 30 heavy (non-hydrogen) atoms. The van der Waals surface area contributed by atoms with Crippen LogP contribution in [-0.2, 0) is 0 Å². The number of hydrogen-bond donors (Lipinski definition) is 1. The predicted octanol–water partition coefficient (Wildman–Crippen LogP) is 3.86. The lowest BCUT2D eigenvalue weighted by molar-refractivity contribution is 0.0349. The fraction of sp³-hybridized carbons (Fsp3) is 0.304. The number of carbonyl (C=O) groups is 1. The summed E-state index contributed by atoms with van der Waals surface area (Å²) in [5.41, 5.74) is 1.44. The fourth-order valence-electron chi connectivity index (χ4n) is 3.50. The predicted molar refractivity (Wildman–Crippen MR) is 116 cm³/mol. The molecule has 1 amide bonds. The lowest BCUT2D eigenvalue weighted by atomic mass is 10.1. The molecule has 2 heterocycles. The molecule has 0 unspecified atom stereocenters. The summed E-state index contributed by atoms with van der Waals surface area (Å²) >= 11 is 1.46. The van der Waals surface area contributed by atoms with E-state index in [1.54, 1.807) is 23.5 Å². The van der Waals surface area contributed by atoms with Crippen LogP contribution in [0.1, 0.15) is 23.3 Å². The highest BCUT2D eigenvalue weighted by molar-refractivity contribution is 7.13. The number of amides is 1. The van der Waals surface area contributed by atoms with E-state index >= 15 is 0 Å². The van der Waals surface area contributed by atoms with Gasteiger partial charge in [-0.25, -0.2) is 4.98 Å². The number of aliphatic hydroxyl groups excluding tert-OH is 1.